The van der Waals surface area contributed by atoms with Crippen molar-refractivity contribution in [3.05, 3.63) is 130 Å². The number of nitrogens with zero attached hydrogens (tertiary/aromatic N) is 10. The molecule has 0 spiro atoms. The summed E-state index contributed by atoms with van der Waals surface area (Å²) < 4.78 is 0. The molecule has 0 amide bonds. The van der Waals surface area contributed by atoms with Crippen molar-refractivity contribution in [2.24, 2.45) is 30.0 Å². The predicted octanol–water partition coefficient (Wildman–Crippen LogP) is 3.85. The van der Waals surface area contributed by atoms with E-state index in [1.54, 1.807) is 72.8 Å². The average molecular weight is 971 g/mol. The van der Waals surface area contributed by atoms with Crippen LogP contribution in [0, 0.1) is 22.9 Å². The molecule has 0 heterocycles. The molecule has 4 aromatic rings. The Kier molecular flexibility index (Phi) is 41.4. The third kappa shape index (κ3) is 26.6. The summed E-state index contributed by atoms with van der Waals surface area (Å²) >= 11 is 0. The molecule has 4 N–H and O–H groups in total. The third-order valence-electron chi connectivity index (χ3n) is 7.34. The zero-order valence-electron chi connectivity index (χ0n) is 33.5. The Labute approximate surface area is 387 Å². The fourth-order valence-electron chi connectivity index (χ4n) is 4.58. The first-order chi connectivity index (χ1) is 27.0. The number of benzene rings is 4. The molecule has 4 aromatic carbocycles. The number of nitriles is 2. The Hall–Kier alpha value is -6.03. The van der Waals surface area contributed by atoms with Crippen LogP contribution in [0.25, 0.3) is 10.8 Å². The molecule has 329 valence electrons. The molecule has 0 saturated heterocycles. The van der Waals surface area contributed by atoms with Crippen LogP contribution in [0.2, 0.25) is 0 Å². The largest absolute Gasteiger partial charge is 2.00 e. The monoisotopic (exact) mass is 969 g/mol. The van der Waals surface area contributed by atoms with E-state index in [4.69, 9.17) is 21.3 Å². The van der Waals surface area contributed by atoms with Crippen LogP contribution < -0.4 is 20.4 Å². The minimum Gasteiger partial charge on any atom is -0.872 e. The van der Waals surface area contributed by atoms with E-state index in [1.165, 1.54) is 24.4 Å². The van der Waals surface area contributed by atoms with Gasteiger partial charge in [-0.15, -0.1) is 12.0 Å². The molecule has 0 fully saturated rings. The van der Waals surface area contributed by atoms with Crippen LogP contribution in [-0.2, 0) is 50.9 Å². The second-order valence-corrected chi connectivity index (χ2v) is 11.2. The van der Waals surface area contributed by atoms with Gasteiger partial charge in [0.1, 0.15) is 0 Å². The van der Waals surface area contributed by atoms with Gasteiger partial charge in [0, 0.05) is 49.0 Å². The van der Waals surface area contributed by atoms with Crippen molar-refractivity contribution < 1.29 is 82.3 Å². The Bertz CT molecular complexity index is 1900. The zero-order valence-corrected chi connectivity index (χ0v) is 36.4. The SMILES string of the molecule is CC(=NCCCN=C(C)c1ccccc1[O-])c1ccccc1[O-].CC(=NCCCN=C(C)c1ccccc1[O-])c1ccccc1[O-].N#CN=C=[N-].N#CN=C=[N-].O.O.[Co+2].[Cu+2].[Cu+2]. The number of hydrogen-bond donors (Lipinski definition) is 0. The van der Waals surface area contributed by atoms with Crippen LogP contribution in [0.1, 0.15) is 62.8 Å². The summed E-state index contributed by atoms with van der Waals surface area (Å²) in [6.45, 7) is 9.81. The van der Waals surface area contributed by atoms with E-state index in [-0.39, 0.29) is 84.9 Å². The van der Waals surface area contributed by atoms with E-state index in [0.717, 1.165) is 35.7 Å². The Morgan fingerprint density at radius 3 is 0.803 bits per heavy atom. The van der Waals surface area contributed by atoms with Crippen molar-refractivity contribution in [3.63, 3.8) is 0 Å². The summed E-state index contributed by atoms with van der Waals surface area (Å²) in [6, 6.07) is 30.1. The van der Waals surface area contributed by atoms with Gasteiger partial charge < -0.3 is 52.2 Å². The Morgan fingerprint density at radius 2 is 0.656 bits per heavy atom. The minimum atomic E-state index is -0.00494. The molecule has 0 aromatic heterocycles. The molecular weight excluding hydrogens is 927 g/mol. The van der Waals surface area contributed by atoms with Crippen LogP contribution >= 0.6 is 0 Å². The maximum atomic E-state index is 11.7. The van der Waals surface area contributed by atoms with Gasteiger partial charge in [-0.25, -0.2) is 0 Å². The molecule has 0 aliphatic carbocycles. The van der Waals surface area contributed by atoms with Gasteiger partial charge in [0.25, 0.3) is 0 Å². The van der Waals surface area contributed by atoms with Crippen LogP contribution in [0.4, 0.5) is 0 Å². The molecule has 0 saturated carbocycles. The zero-order chi connectivity index (χ0) is 41.6. The van der Waals surface area contributed by atoms with Gasteiger partial charge in [0.2, 0.25) is 0 Å². The van der Waals surface area contributed by atoms with Crippen molar-refractivity contribution in [3.8, 4) is 35.4 Å². The summed E-state index contributed by atoms with van der Waals surface area (Å²) in [5, 5.41) is 76.5. The maximum Gasteiger partial charge on any atom is 2.00 e. The predicted molar refractivity (Wildman–Crippen MR) is 221 cm³/mol. The van der Waals surface area contributed by atoms with E-state index >= 15 is 0 Å². The molecule has 0 aliphatic rings. The van der Waals surface area contributed by atoms with Gasteiger partial charge in [0.15, 0.2) is 0 Å². The van der Waals surface area contributed by atoms with Gasteiger partial charge in [-0.05, 0) is 62.8 Å². The summed E-state index contributed by atoms with van der Waals surface area (Å²) in [6.07, 6.45) is 4.11. The van der Waals surface area contributed by atoms with Crippen LogP contribution in [0.3, 0.4) is 0 Å². The normalized spacial score (nSPS) is 10.0. The van der Waals surface area contributed by atoms with Crippen molar-refractivity contribution in [1.29, 1.82) is 10.5 Å². The third-order valence-corrected chi connectivity index (χ3v) is 7.34. The van der Waals surface area contributed by atoms with E-state index in [2.05, 4.69) is 30.0 Å². The fourth-order valence-corrected chi connectivity index (χ4v) is 4.58. The first-order valence-corrected chi connectivity index (χ1v) is 17.1. The van der Waals surface area contributed by atoms with Gasteiger partial charge in [0.05, 0.1) is 12.4 Å². The molecule has 4 rings (SSSR count). The second-order valence-electron chi connectivity index (χ2n) is 11.2. The van der Waals surface area contributed by atoms with Crippen LogP contribution in [0.15, 0.2) is 127 Å². The Morgan fingerprint density at radius 1 is 0.459 bits per heavy atom. The summed E-state index contributed by atoms with van der Waals surface area (Å²) in [7, 11) is 0. The smallest absolute Gasteiger partial charge is 0.872 e. The molecule has 0 bridgehead atoms. The number of para-hydroxylation sites is 4. The summed E-state index contributed by atoms with van der Waals surface area (Å²) in [5.41, 5.74) is 5.59. The van der Waals surface area contributed by atoms with E-state index < -0.39 is 0 Å². The molecule has 19 heteroatoms. The number of hydrogen-bond acceptors (Lipinski definition) is 12. The summed E-state index contributed by atoms with van der Waals surface area (Å²) in [4.78, 5) is 22.9. The topological polar surface area (TPSA) is 322 Å². The first kappa shape index (κ1) is 64.1. The van der Waals surface area contributed by atoms with Crippen molar-refractivity contribution in [2.45, 2.75) is 40.5 Å². The van der Waals surface area contributed by atoms with Crippen molar-refractivity contribution in [1.82, 2.24) is 0 Å². The number of aliphatic imine (C=N–C) groups is 6. The molecule has 3 radical (unpaired) electrons. The number of rotatable bonds is 12. The molecule has 61 heavy (non-hydrogen) atoms. The quantitative estimate of drug-likeness (QED) is 0.0878. The second kappa shape index (κ2) is 39.4. The molecule has 0 unspecified atom stereocenters. The van der Waals surface area contributed by atoms with E-state index in [0.29, 0.717) is 48.4 Å². The van der Waals surface area contributed by atoms with Crippen molar-refractivity contribution in [2.75, 3.05) is 26.2 Å². The molecule has 0 aliphatic heterocycles. The van der Waals surface area contributed by atoms with Crippen molar-refractivity contribution >= 4 is 34.9 Å². The van der Waals surface area contributed by atoms with Crippen LogP contribution in [-0.4, -0.2) is 72.0 Å². The first-order valence-electron chi connectivity index (χ1n) is 17.1. The summed E-state index contributed by atoms with van der Waals surface area (Å²) in [5.74, 6) is -0.0197. The van der Waals surface area contributed by atoms with Gasteiger partial charge >= 0.3 is 50.9 Å². The van der Waals surface area contributed by atoms with Gasteiger partial charge in [-0.3, -0.25) is 20.0 Å². The molecular formula is C42H44CoCu2N10O6. The average Bonchev–Trinajstić information content (AvgIpc) is 3.19. The van der Waals surface area contributed by atoms with E-state index in [1.807, 2.05) is 52.0 Å². The van der Waals surface area contributed by atoms with Gasteiger partial charge in [-0.1, -0.05) is 120 Å². The van der Waals surface area contributed by atoms with Crippen LogP contribution in [0.5, 0.6) is 23.0 Å². The maximum absolute atomic E-state index is 11.7. The Balaban J connectivity index is -0.000000262. The standard InChI is InChI=1S/2C19H22N2O2.2C2N3.Co.2Cu.2H2O/c2*1-14(16-8-3-5-10-18(16)22)20-12-7-13-21-15(2)17-9-4-6-11-19(17)23;2*3-1-5-2-4;;;;;/h2*3-6,8-11,22-23H,7,12-13H2,1-2H3;;;;;;2*1H2/q;;2*-1;3*+2;;/p-4. The molecule has 0 atom stereocenters. The van der Waals surface area contributed by atoms with E-state index in [9.17, 15) is 20.4 Å². The van der Waals surface area contributed by atoms with Gasteiger partial charge in [-0.2, -0.15) is 10.5 Å². The molecule has 16 nitrogen and oxygen atoms in total. The minimum absolute atomic E-state index is 0. The fraction of sp³-hybridized carbons (Fsp3) is 0.238.